The predicted molar refractivity (Wildman–Crippen MR) is 62.1 cm³/mol. The molecule has 88 valence electrons. The van der Waals surface area contributed by atoms with Crippen LogP contribution in [0.3, 0.4) is 0 Å². The summed E-state index contributed by atoms with van der Waals surface area (Å²) < 4.78 is 0. The lowest BCUT2D eigenvalue weighted by atomic mass is 10.1. The van der Waals surface area contributed by atoms with E-state index in [1.165, 1.54) is 0 Å². The van der Waals surface area contributed by atoms with E-state index in [-0.39, 0.29) is 11.8 Å². The van der Waals surface area contributed by atoms with Gasteiger partial charge in [0.05, 0.1) is 5.69 Å². The minimum Gasteiger partial charge on any atom is -0.309 e. The number of amides is 1. The Morgan fingerprint density at radius 1 is 1.56 bits per heavy atom. The minimum absolute atomic E-state index is 0.0152. The summed E-state index contributed by atoms with van der Waals surface area (Å²) >= 11 is 0. The summed E-state index contributed by atoms with van der Waals surface area (Å²) in [5.74, 6) is 0.716. The summed E-state index contributed by atoms with van der Waals surface area (Å²) in [4.78, 5) is 13.8. The van der Waals surface area contributed by atoms with Crippen molar-refractivity contribution in [1.29, 1.82) is 0 Å². The molecule has 0 spiro atoms. The molecule has 0 unspecified atom stereocenters. The fourth-order valence-corrected chi connectivity index (χ4v) is 1.82. The Balaban J connectivity index is 2.15. The quantitative estimate of drug-likeness (QED) is 0.784. The number of hydrogen-bond acceptors (Lipinski definition) is 3. The van der Waals surface area contributed by atoms with Crippen molar-refractivity contribution in [3.63, 3.8) is 0 Å². The number of aromatic amines is 1. The van der Waals surface area contributed by atoms with Gasteiger partial charge in [0, 0.05) is 24.6 Å². The van der Waals surface area contributed by atoms with Crippen LogP contribution in [0.15, 0.2) is 0 Å². The molecular formula is C11H18N4O. The molecule has 0 atom stereocenters. The molecule has 0 bridgehead atoms. The van der Waals surface area contributed by atoms with E-state index in [0.29, 0.717) is 5.82 Å². The molecular weight excluding hydrogens is 204 g/mol. The van der Waals surface area contributed by atoms with Crippen LogP contribution in [0, 0.1) is 5.92 Å². The number of nitrogens with zero attached hydrogens (tertiary/aromatic N) is 2. The number of hydrogen-bond donors (Lipinski definition) is 2. The molecule has 2 heterocycles. The maximum atomic E-state index is 11.6. The van der Waals surface area contributed by atoms with Crippen LogP contribution < -0.4 is 5.32 Å². The molecule has 5 nitrogen and oxygen atoms in total. The molecule has 16 heavy (non-hydrogen) atoms. The highest BCUT2D eigenvalue weighted by molar-refractivity contribution is 5.91. The number of anilines is 1. The van der Waals surface area contributed by atoms with E-state index in [1.807, 2.05) is 13.8 Å². The van der Waals surface area contributed by atoms with Crippen molar-refractivity contribution >= 4 is 11.7 Å². The highest BCUT2D eigenvalue weighted by Gasteiger charge is 2.21. The van der Waals surface area contributed by atoms with Crippen molar-refractivity contribution in [2.24, 2.45) is 5.92 Å². The molecule has 0 aromatic carbocycles. The van der Waals surface area contributed by atoms with E-state index in [2.05, 4.69) is 27.5 Å². The van der Waals surface area contributed by atoms with Crippen LogP contribution in [0.25, 0.3) is 0 Å². The van der Waals surface area contributed by atoms with Gasteiger partial charge in [-0.25, -0.2) is 0 Å². The summed E-state index contributed by atoms with van der Waals surface area (Å²) in [5, 5.41) is 10.0. The van der Waals surface area contributed by atoms with Crippen molar-refractivity contribution < 1.29 is 4.79 Å². The third kappa shape index (κ3) is 2.09. The van der Waals surface area contributed by atoms with E-state index < -0.39 is 0 Å². The van der Waals surface area contributed by atoms with Gasteiger partial charge in [0.2, 0.25) is 5.91 Å². The van der Waals surface area contributed by atoms with E-state index in [1.54, 1.807) is 0 Å². The van der Waals surface area contributed by atoms with Crippen molar-refractivity contribution in [2.75, 3.05) is 18.9 Å². The Morgan fingerprint density at radius 3 is 3.00 bits per heavy atom. The Bertz CT molecular complexity index is 397. The van der Waals surface area contributed by atoms with Crippen LogP contribution >= 0.6 is 0 Å². The van der Waals surface area contributed by atoms with Gasteiger partial charge >= 0.3 is 0 Å². The molecule has 5 heteroatoms. The highest BCUT2D eigenvalue weighted by Crippen LogP contribution is 2.22. The second kappa shape index (κ2) is 4.25. The fourth-order valence-electron chi connectivity index (χ4n) is 1.82. The zero-order chi connectivity index (χ0) is 11.7. The summed E-state index contributed by atoms with van der Waals surface area (Å²) in [7, 11) is 2.08. The van der Waals surface area contributed by atoms with Gasteiger partial charge in [-0.15, -0.1) is 0 Å². The summed E-state index contributed by atoms with van der Waals surface area (Å²) in [6.07, 6.45) is 0.941. The first-order chi connectivity index (χ1) is 7.58. The molecule has 1 aromatic rings. The van der Waals surface area contributed by atoms with Gasteiger partial charge in [0.1, 0.15) is 0 Å². The molecule has 2 N–H and O–H groups in total. The smallest absolute Gasteiger partial charge is 0.228 e. The first-order valence-electron chi connectivity index (χ1n) is 5.63. The first-order valence-corrected chi connectivity index (χ1v) is 5.63. The molecule has 0 saturated carbocycles. The number of H-pyrrole nitrogens is 1. The SMILES string of the molecule is CC(C)C(=O)Nc1n[nH]c2c1CCN(C)C2. The van der Waals surface area contributed by atoms with Gasteiger partial charge < -0.3 is 10.2 Å². The first kappa shape index (κ1) is 11.1. The predicted octanol–water partition coefficient (Wildman–Crippen LogP) is 0.992. The monoisotopic (exact) mass is 222 g/mol. The Labute approximate surface area is 95.2 Å². The van der Waals surface area contributed by atoms with Crippen LogP contribution in [0.5, 0.6) is 0 Å². The van der Waals surface area contributed by atoms with E-state index in [4.69, 9.17) is 0 Å². The Hall–Kier alpha value is -1.36. The van der Waals surface area contributed by atoms with Crippen LogP contribution in [-0.2, 0) is 17.8 Å². The average Bonchev–Trinajstić information content (AvgIpc) is 2.60. The standard InChI is InChI=1S/C11H18N4O/c1-7(2)11(16)12-10-8-4-5-15(3)6-9(8)13-14-10/h7H,4-6H2,1-3H3,(H2,12,13,14,16). The number of nitrogens with one attached hydrogen (secondary N) is 2. The molecule has 2 rings (SSSR count). The molecule has 0 fully saturated rings. The van der Waals surface area contributed by atoms with Gasteiger partial charge in [-0.1, -0.05) is 13.8 Å². The average molecular weight is 222 g/mol. The third-order valence-corrected chi connectivity index (χ3v) is 2.89. The zero-order valence-electron chi connectivity index (χ0n) is 10.0. The molecule has 1 aromatic heterocycles. The number of rotatable bonds is 2. The zero-order valence-corrected chi connectivity index (χ0v) is 10.0. The molecule has 1 aliphatic rings. The van der Waals surface area contributed by atoms with Crippen molar-refractivity contribution in [2.45, 2.75) is 26.8 Å². The largest absolute Gasteiger partial charge is 0.309 e. The Morgan fingerprint density at radius 2 is 2.31 bits per heavy atom. The summed E-state index contributed by atoms with van der Waals surface area (Å²) in [6.45, 7) is 5.64. The van der Waals surface area contributed by atoms with E-state index in [0.717, 1.165) is 30.8 Å². The summed E-state index contributed by atoms with van der Waals surface area (Å²) in [5.41, 5.74) is 2.28. The maximum Gasteiger partial charge on any atom is 0.228 e. The van der Waals surface area contributed by atoms with Crippen LogP contribution in [0.1, 0.15) is 25.1 Å². The van der Waals surface area contributed by atoms with Gasteiger partial charge in [-0.3, -0.25) is 9.89 Å². The maximum absolute atomic E-state index is 11.6. The second-order valence-electron chi connectivity index (χ2n) is 4.66. The molecule has 0 saturated heterocycles. The number of carbonyl (C=O) groups is 1. The fraction of sp³-hybridized carbons (Fsp3) is 0.636. The van der Waals surface area contributed by atoms with E-state index in [9.17, 15) is 4.79 Å². The normalized spacial score (nSPS) is 16.2. The topological polar surface area (TPSA) is 61.0 Å². The number of carbonyl (C=O) groups excluding carboxylic acids is 1. The molecule has 0 radical (unpaired) electrons. The minimum atomic E-state index is -0.0152. The second-order valence-corrected chi connectivity index (χ2v) is 4.66. The van der Waals surface area contributed by atoms with Gasteiger partial charge in [-0.05, 0) is 13.5 Å². The van der Waals surface area contributed by atoms with Gasteiger partial charge in [0.15, 0.2) is 5.82 Å². The van der Waals surface area contributed by atoms with Crippen molar-refractivity contribution in [3.05, 3.63) is 11.3 Å². The Kier molecular flexibility index (Phi) is 2.96. The number of aromatic nitrogens is 2. The molecule has 1 amide bonds. The van der Waals surface area contributed by atoms with Crippen molar-refractivity contribution in [1.82, 2.24) is 15.1 Å². The van der Waals surface area contributed by atoms with E-state index >= 15 is 0 Å². The number of fused-ring (bicyclic) bond motifs is 1. The third-order valence-electron chi connectivity index (χ3n) is 2.89. The molecule has 1 aliphatic heterocycles. The lowest BCUT2D eigenvalue weighted by Crippen LogP contribution is -2.27. The van der Waals surface area contributed by atoms with Crippen LogP contribution in [0.2, 0.25) is 0 Å². The van der Waals surface area contributed by atoms with Gasteiger partial charge in [0.25, 0.3) is 0 Å². The van der Waals surface area contributed by atoms with Gasteiger partial charge in [-0.2, -0.15) is 5.10 Å². The molecule has 0 aliphatic carbocycles. The lowest BCUT2D eigenvalue weighted by Gasteiger charge is -2.22. The number of likely N-dealkylation sites (N-methyl/N-ethyl adjacent to an activating group) is 1. The van der Waals surface area contributed by atoms with Crippen LogP contribution in [-0.4, -0.2) is 34.6 Å². The van der Waals surface area contributed by atoms with Crippen LogP contribution in [0.4, 0.5) is 5.82 Å². The highest BCUT2D eigenvalue weighted by atomic mass is 16.1. The lowest BCUT2D eigenvalue weighted by molar-refractivity contribution is -0.118. The summed E-state index contributed by atoms with van der Waals surface area (Å²) in [6, 6.07) is 0. The van der Waals surface area contributed by atoms with Crippen molar-refractivity contribution in [3.8, 4) is 0 Å².